The van der Waals surface area contributed by atoms with Crippen molar-refractivity contribution in [3.05, 3.63) is 34.2 Å². The maximum absolute atomic E-state index is 11.3. The van der Waals surface area contributed by atoms with Gasteiger partial charge in [-0.15, -0.1) is 0 Å². The zero-order valence-electron chi connectivity index (χ0n) is 11.7. The molecule has 1 aromatic heterocycles. The van der Waals surface area contributed by atoms with Crippen molar-refractivity contribution in [2.24, 2.45) is 5.41 Å². The highest BCUT2D eigenvalue weighted by Crippen LogP contribution is 2.48. The smallest absolute Gasteiger partial charge is 0.323 e. The molecule has 0 radical (unpaired) electrons. The van der Waals surface area contributed by atoms with Gasteiger partial charge >= 0.3 is 5.69 Å². The molecular weight excluding hydrogens is 254 g/mol. The Labute approximate surface area is 117 Å². The van der Waals surface area contributed by atoms with Gasteiger partial charge in [0, 0.05) is 19.2 Å². The van der Waals surface area contributed by atoms with Gasteiger partial charge in [-0.25, -0.2) is 4.79 Å². The minimum Gasteiger partial charge on any atom is -0.396 e. The van der Waals surface area contributed by atoms with E-state index in [0.717, 1.165) is 29.6 Å². The van der Waals surface area contributed by atoms with Crippen molar-refractivity contribution < 1.29 is 5.11 Å². The monoisotopic (exact) mass is 275 g/mol. The summed E-state index contributed by atoms with van der Waals surface area (Å²) in [6.45, 7) is 3.34. The average Bonchev–Trinajstić information content (AvgIpc) is 3.08. The van der Waals surface area contributed by atoms with Gasteiger partial charge < -0.3 is 20.4 Å². The highest BCUT2D eigenvalue weighted by molar-refractivity contribution is 5.75. The second-order valence-electron chi connectivity index (χ2n) is 5.96. The number of rotatable bonds is 6. The average molecular weight is 275 g/mol. The molecule has 0 amide bonds. The Hall–Kier alpha value is -1.59. The fraction of sp³-hybridized carbons (Fsp3) is 0.533. The molecule has 1 aliphatic rings. The zero-order valence-corrected chi connectivity index (χ0v) is 11.7. The molecule has 1 unspecified atom stereocenters. The number of aromatic nitrogens is 2. The van der Waals surface area contributed by atoms with Gasteiger partial charge in [-0.2, -0.15) is 0 Å². The van der Waals surface area contributed by atoms with Crippen molar-refractivity contribution in [1.82, 2.24) is 15.3 Å². The standard InChI is InChI=1S/C15H21N3O2/c1-10(16-9-15(4-5-15)6-7-19)11-2-3-12-13(8-11)18-14(20)17-12/h2-3,8,10,16,19H,4-7,9H2,1H3,(H2,17,18,20). The van der Waals surface area contributed by atoms with Crippen molar-refractivity contribution in [3.63, 3.8) is 0 Å². The normalized spacial score (nSPS) is 18.3. The molecule has 1 atom stereocenters. The van der Waals surface area contributed by atoms with Gasteiger partial charge in [0.15, 0.2) is 0 Å². The lowest BCUT2D eigenvalue weighted by Gasteiger charge is -2.19. The van der Waals surface area contributed by atoms with E-state index in [2.05, 4.69) is 22.2 Å². The van der Waals surface area contributed by atoms with E-state index in [1.165, 1.54) is 12.8 Å². The van der Waals surface area contributed by atoms with Gasteiger partial charge in [-0.05, 0) is 49.3 Å². The van der Waals surface area contributed by atoms with Crippen LogP contribution in [0, 0.1) is 5.41 Å². The van der Waals surface area contributed by atoms with Crippen LogP contribution in [0.3, 0.4) is 0 Å². The fourth-order valence-corrected chi connectivity index (χ4v) is 2.74. The molecule has 0 bridgehead atoms. The molecule has 0 spiro atoms. The number of aliphatic hydroxyl groups is 1. The molecule has 0 aliphatic heterocycles. The van der Waals surface area contributed by atoms with Crippen LogP contribution in [0.4, 0.5) is 0 Å². The van der Waals surface area contributed by atoms with Crippen LogP contribution in [0.2, 0.25) is 0 Å². The lowest BCUT2D eigenvalue weighted by molar-refractivity contribution is 0.243. The van der Waals surface area contributed by atoms with Crippen LogP contribution < -0.4 is 11.0 Å². The summed E-state index contributed by atoms with van der Waals surface area (Å²) in [5, 5.41) is 12.6. The van der Waals surface area contributed by atoms with Crippen molar-refractivity contribution in [2.45, 2.75) is 32.2 Å². The Kier molecular flexibility index (Phi) is 3.40. The van der Waals surface area contributed by atoms with Crippen molar-refractivity contribution >= 4 is 11.0 Å². The Morgan fingerprint density at radius 1 is 1.35 bits per heavy atom. The van der Waals surface area contributed by atoms with E-state index in [-0.39, 0.29) is 18.3 Å². The van der Waals surface area contributed by atoms with E-state index in [9.17, 15) is 4.79 Å². The van der Waals surface area contributed by atoms with Gasteiger partial charge in [0.2, 0.25) is 0 Å². The van der Waals surface area contributed by atoms with E-state index < -0.39 is 0 Å². The first-order valence-electron chi connectivity index (χ1n) is 7.18. The van der Waals surface area contributed by atoms with E-state index in [0.29, 0.717) is 5.41 Å². The quantitative estimate of drug-likeness (QED) is 0.647. The third kappa shape index (κ3) is 2.64. The van der Waals surface area contributed by atoms with Crippen LogP contribution in [0.15, 0.2) is 23.0 Å². The lowest BCUT2D eigenvalue weighted by atomic mass is 10.0. The molecular formula is C15H21N3O2. The lowest BCUT2D eigenvalue weighted by Crippen LogP contribution is -2.27. The molecule has 0 saturated heterocycles. The first-order valence-corrected chi connectivity index (χ1v) is 7.18. The summed E-state index contributed by atoms with van der Waals surface area (Å²) in [6, 6.07) is 6.21. The Bertz CT molecular complexity index is 654. The van der Waals surface area contributed by atoms with Crippen LogP contribution >= 0.6 is 0 Å². The first kappa shape index (κ1) is 13.4. The molecule has 20 heavy (non-hydrogen) atoms. The number of hydrogen-bond donors (Lipinski definition) is 4. The van der Waals surface area contributed by atoms with Crippen molar-refractivity contribution in [3.8, 4) is 0 Å². The molecule has 1 saturated carbocycles. The van der Waals surface area contributed by atoms with Gasteiger partial charge in [0.1, 0.15) is 0 Å². The summed E-state index contributed by atoms with van der Waals surface area (Å²) in [6.07, 6.45) is 3.30. The summed E-state index contributed by atoms with van der Waals surface area (Å²) in [7, 11) is 0. The number of fused-ring (bicyclic) bond motifs is 1. The predicted molar refractivity (Wildman–Crippen MR) is 78.7 cm³/mol. The van der Waals surface area contributed by atoms with E-state index in [1.54, 1.807) is 0 Å². The minimum absolute atomic E-state index is 0.169. The Morgan fingerprint density at radius 3 is 2.80 bits per heavy atom. The van der Waals surface area contributed by atoms with Crippen molar-refractivity contribution in [1.29, 1.82) is 0 Å². The largest absolute Gasteiger partial charge is 0.396 e. The van der Waals surface area contributed by atoms with Crippen LogP contribution in [-0.4, -0.2) is 28.2 Å². The molecule has 4 N–H and O–H groups in total. The molecule has 5 nitrogen and oxygen atoms in total. The molecule has 5 heteroatoms. The van der Waals surface area contributed by atoms with Gasteiger partial charge in [-0.1, -0.05) is 6.07 Å². The van der Waals surface area contributed by atoms with Crippen LogP contribution in [0.1, 0.15) is 37.8 Å². The third-order valence-electron chi connectivity index (χ3n) is 4.42. The molecule has 2 aromatic rings. The highest BCUT2D eigenvalue weighted by Gasteiger charge is 2.41. The maximum Gasteiger partial charge on any atom is 0.323 e. The fourth-order valence-electron chi connectivity index (χ4n) is 2.74. The topological polar surface area (TPSA) is 80.9 Å². The predicted octanol–water partition coefficient (Wildman–Crippen LogP) is 1.67. The molecule has 1 aromatic carbocycles. The number of benzene rings is 1. The maximum atomic E-state index is 11.3. The van der Waals surface area contributed by atoms with E-state index >= 15 is 0 Å². The molecule has 1 heterocycles. The second kappa shape index (κ2) is 5.07. The van der Waals surface area contributed by atoms with E-state index in [1.807, 2.05) is 18.2 Å². The molecule has 1 fully saturated rings. The summed E-state index contributed by atoms with van der Waals surface area (Å²) < 4.78 is 0. The Morgan fingerprint density at radius 2 is 2.10 bits per heavy atom. The molecule has 1 aliphatic carbocycles. The Balaban J connectivity index is 1.69. The SMILES string of the molecule is CC(NCC1(CCO)CC1)c1ccc2[nH]c(=O)[nH]c2c1. The third-order valence-corrected chi connectivity index (χ3v) is 4.42. The molecule has 108 valence electrons. The summed E-state index contributed by atoms with van der Waals surface area (Å²) in [5.41, 5.74) is 2.99. The zero-order chi connectivity index (χ0) is 14.2. The number of nitrogens with one attached hydrogen (secondary N) is 3. The van der Waals surface area contributed by atoms with Gasteiger partial charge in [0.05, 0.1) is 11.0 Å². The number of H-pyrrole nitrogens is 2. The summed E-state index contributed by atoms with van der Waals surface area (Å²) >= 11 is 0. The first-order chi connectivity index (χ1) is 9.62. The van der Waals surface area contributed by atoms with Gasteiger partial charge in [-0.3, -0.25) is 0 Å². The number of hydrogen-bond acceptors (Lipinski definition) is 3. The van der Waals surface area contributed by atoms with Crippen LogP contribution in [0.25, 0.3) is 11.0 Å². The van der Waals surface area contributed by atoms with E-state index in [4.69, 9.17) is 5.11 Å². The summed E-state index contributed by atoms with van der Waals surface area (Å²) in [4.78, 5) is 16.8. The number of imidazole rings is 1. The van der Waals surface area contributed by atoms with Crippen LogP contribution in [0.5, 0.6) is 0 Å². The molecule has 3 rings (SSSR count). The van der Waals surface area contributed by atoms with Crippen molar-refractivity contribution in [2.75, 3.05) is 13.2 Å². The summed E-state index contributed by atoms with van der Waals surface area (Å²) in [5.74, 6) is 0. The van der Waals surface area contributed by atoms with Gasteiger partial charge in [0.25, 0.3) is 0 Å². The second-order valence-corrected chi connectivity index (χ2v) is 5.96. The van der Waals surface area contributed by atoms with Crippen LogP contribution in [-0.2, 0) is 0 Å². The minimum atomic E-state index is -0.169. The highest BCUT2D eigenvalue weighted by atomic mass is 16.3. The number of aliphatic hydroxyl groups excluding tert-OH is 1. The number of aromatic amines is 2.